The number of nitrogens with one attached hydrogen (secondary N) is 2. The van der Waals surface area contributed by atoms with Gasteiger partial charge in [-0.1, -0.05) is 12.1 Å². The van der Waals surface area contributed by atoms with Gasteiger partial charge in [-0.3, -0.25) is 19.9 Å². The fourth-order valence-corrected chi connectivity index (χ4v) is 3.44. The molecule has 24 heavy (non-hydrogen) atoms. The summed E-state index contributed by atoms with van der Waals surface area (Å²) < 4.78 is 0. The largest absolute Gasteiger partial charge is 0.313 e. The normalized spacial score (nSPS) is 21.5. The molecule has 5 heteroatoms. The van der Waals surface area contributed by atoms with Gasteiger partial charge in [0.1, 0.15) is 0 Å². The third kappa shape index (κ3) is 2.83. The standard InChI is InChI=1S/C19H19N3O2/c23-18-4-2-16(19(24)22-18)15-10-14-9-13(1-3-17(14)21-11-15)12-5-7-20-8-6-12/h1,3,5,9-11,16,20H,2,4,6-8H2,(H,22,23,24). The second-order valence-corrected chi connectivity index (χ2v) is 6.36. The van der Waals surface area contributed by atoms with Gasteiger partial charge >= 0.3 is 0 Å². The van der Waals surface area contributed by atoms with Crippen molar-refractivity contribution in [2.24, 2.45) is 0 Å². The van der Waals surface area contributed by atoms with E-state index in [2.05, 4.69) is 33.8 Å². The molecule has 3 heterocycles. The molecule has 1 saturated heterocycles. The first-order valence-electron chi connectivity index (χ1n) is 8.34. The summed E-state index contributed by atoms with van der Waals surface area (Å²) in [5.41, 5.74) is 4.36. The number of rotatable bonds is 2. The number of hydrogen-bond donors (Lipinski definition) is 2. The molecule has 2 amide bonds. The van der Waals surface area contributed by atoms with Crippen molar-refractivity contribution in [3.8, 4) is 0 Å². The molecule has 2 N–H and O–H groups in total. The molecule has 5 nitrogen and oxygen atoms in total. The van der Waals surface area contributed by atoms with Gasteiger partial charge < -0.3 is 5.32 Å². The van der Waals surface area contributed by atoms with Crippen LogP contribution in [0.25, 0.3) is 16.5 Å². The lowest BCUT2D eigenvalue weighted by molar-refractivity contribution is -0.134. The van der Waals surface area contributed by atoms with Crippen LogP contribution in [0.4, 0.5) is 0 Å². The van der Waals surface area contributed by atoms with Crippen molar-refractivity contribution in [2.75, 3.05) is 13.1 Å². The maximum atomic E-state index is 12.1. The average Bonchev–Trinajstić information content (AvgIpc) is 2.61. The van der Waals surface area contributed by atoms with Crippen molar-refractivity contribution in [3.63, 3.8) is 0 Å². The third-order valence-electron chi connectivity index (χ3n) is 4.78. The van der Waals surface area contributed by atoms with Gasteiger partial charge in [-0.05, 0) is 54.3 Å². The lowest BCUT2D eigenvalue weighted by Gasteiger charge is -2.21. The highest BCUT2D eigenvalue weighted by Crippen LogP contribution is 2.28. The van der Waals surface area contributed by atoms with Gasteiger partial charge in [0.2, 0.25) is 11.8 Å². The van der Waals surface area contributed by atoms with E-state index in [0.717, 1.165) is 36.0 Å². The number of piperidine rings is 1. The first kappa shape index (κ1) is 15.0. The van der Waals surface area contributed by atoms with Crippen LogP contribution >= 0.6 is 0 Å². The molecule has 4 rings (SSSR count). The average molecular weight is 321 g/mol. The zero-order valence-corrected chi connectivity index (χ0v) is 13.3. The molecule has 2 aliphatic rings. The summed E-state index contributed by atoms with van der Waals surface area (Å²) in [6.45, 7) is 1.90. The number of pyridine rings is 1. The van der Waals surface area contributed by atoms with Gasteiger partial charge in [0.05, 0.1) is 11.4 Å². The fourth-order valence-electron chi connectivity index (χ4n) is 3.44. The van der Waals surface area contributed by atoms with Gasteiger partial charge in [-0.15, -0.1) is 0 Å². The predicted molar refractivity (Wildman–Crippen MR) is 92.3 cm³/mol. The molecule has 2 aromatic rings. The Kier molecular flexibility index (Phi) is 3.86. The first-order chi connectivity index (χ1) is 11.7. The van der Waals surface area contributed by atoms with Crippen LogP contribution in [0, 0.1) is 0 Å². The lowest BCUT2D eigenvalue weighted by Crippen LogP contribution is -2.39. The molecule has 0 saturated carbocycles. The van der Waals surface area contributed by atoms with Crippen LogP contribution in [0.3, 0.4) is 0 Å². The van der Waals surface area contributed by atoms with E-state index in [1.165, 1.54) is 11.1 Å². The Morgan fingerprint density at radius 2 is 2.04 bits per heavy atom. The quantitative estimate of drug-likeness (QED) is 0.831. The van der Waals surface area contributed by atoms with Gasteiger partial charge in [0.25, 0.3) is 0 Å². The van der Waals surface area contributed by atoms with Crippen LogP contribution in [0.15, 0.2) is 36.5 Å². The number of carbonyl (C=O) groups excluding carboxylic acids is 2. The summed E-state index contributed by atoms with van der Waals surface area (Å²) in [6, 6.07) is 8.32. The van der Waals surface area contributed by atoms with Gasteiger partial charge in [-0.25, -0.2) is 0 Å². The van der Waals surface area contributed by atoms with Crippen LogP contribution in [0.1, 0.15) is 36.3 Å². The van der Waals surface area contributed by atoms with Crippen molar-refractivity contribution in [1.29, 1.82) is 0 Å². The van der Waals surface area contributed by atoms with Crippen LogP contribution < -0.4 is 10.6 Å². The minimum atomic E-state index is -0.290. The molecule has 122 valence electrons. The Bertz CT molecular complexity index is 857. The maximum Gasteiger partial charge on any atom is 0.234 e. The molecule has 0 aliphatic carbocycles. The summed E-state index contributed by atoms with van der Waals surface area (Å²) >= 11 is 0. The summed E-state index contributed by atoms with van der Waals surface area (Å²) in [5.74, 6) is -0.698. The molecule has 1 fully saturated rings. The fraction of sp³-hybridized carbons (Fsp3) is 0.316. The predicted octanol–water partition coefficient (Wildman–Crippen LogP) is 2.13. The zero-order valence-electron chi connectivity index (χ0n) is 13.3. The van der Waals surface area contributed by atoms with Crippen molar-refractivity contribution in [2.45, 2.75) is 25.2 Å². The topological polar surface area (TPSA) is 71.1 Å². The van der Waals surface area contributed by atoms with Crippen LogP contribution in [-0.4, -0.2) is 29.9 Å². The summed E-state index contributed by atoms with van der Waals surface area (Å²) in [4.78, 5) is 27.9. The Labute approximate surface area is 140 Å². The molecular formula is C19H19N3O2. The van der Waals surface area contributed by atoms with E-state index >= 15 is 0 Å². The smallest absolute Gasteiger partial charge is 0.234 e. The third-order valence-corrected chi connectivity index (χ3v) is 4.78. The molecule has 1 aromatic carbocycles. The Hall–Kier alpha value is -2.53. The number of aromatic nitrogens is 1. The van der Waals surface area contributed by atoms with Crippen LogP contribution in [0.5, 0.6) is 0 Å². The summed E-state index contributed by atoms with van der Waals surface area (Å²) in [5, 5.41) is 6.78. The van der Waals surface area contributed by atoms with E-state index in [4.69, 9.17) is 0 Å². The monoisotopic (exact) mass is 321 g/mol. The first-order valence-corrected chi connectivity index (χ1v) is 8.34. The summed E-state index contributed by atoms with van der Waals surface area (Å²) in [7, 11) is 0. The van der Waals surface area contributed by atoms with Crippen molar-refractivity contribution in [3.05, 3.63) is 47.7 Å². The number of fused-ring (bicyclic) bond motifs is 1. The van der Waals surface area contributed by atoms with Gasteiger partial charge in [-0.2, -0.15) is 0 Å². The Morgan fingerprint density at radius 1 is 1.12 bits per heavy atom. The Balaban J connectivity index is 1.70. The van der Waals surface area contributed by atoms with E-state index in [1.807, 2.05) is 12.1 Å². The second-order valence-electron chi connectivity index (χ2n) is 6.36. The zero-order chi connectivity index (χ0) is 16.5. The Morgan fingerprint density at radius 3 is 2.83 bits per heavy atom. The second kappa shape index (κ2) is 6.17. The molecule has 0 spiro atoms. The summed E-state index contributed by atoms with van der Waals surface area (Å²) in [6.07, 6.45) is 5.93. The van der Waals surface area contributed by atoms with E-state index < -0.39 is 0 Å². The number of imide groups is 1. The lowest BCUT2D eigenvalue weighted by atomic mass is 9.90. The highest BCUT2D eigenvalue weighted by atomic mass is 16.2. The van der Waals surface area contributed by atoms with Crippen molar-refractivity contribution in [1.82, 2.24) is 15.6 Å². The van der Waals surface area contributed by atoms with E-state index in [0.29, 0.717) is 12.8 Å². The minimum Gasteiger partial charge on any atom is -0.313 e. The van der Waals surface area contributed by atoms with Crippen LogP contribution in [0.2, 0.25) is 0 Å². The van der Waals surface area contributed by atoms with E-state index in [9.17, 15) is 9.59 Å². The minimum absolute atomic E-state index is 0.190. The number of amides is 2. The van der Waals surface area contributed by atoms with Gasteiger partial charge in [0, 0.05) is 24.5 Å². The molecule has 1 atom stereocenters. The number of hydrogen-bond acceptors (Lipinski definition) is 4. The molecule has 0 radical (unpaired) electrons. The SMILES string of the molecule is O=C1CCC(c2cnc3ccc(C4=CCNCC4)cc3c2)C(=O)N1. The van der Waals surface area contributed by atoms with Crippen molar-refractivity contribution < 1.29 is 9.59 Å². The number of nitrogens with zero attached hydrogens (tertiary/aromatic N) is 1. The molecule has 2 aliphatic heterocycles. The highest BCUT2D eigenvalue weighted by Gasteiger charge is 2.28. The van der Waals surface area contributed by atoms with E-state index in [1.54, 1.807) is 6.20 Å². The van der Waals surface area contributed by atoms with E-state index in [-0.39, 0.29) is 17.7 Å². The maximum absolute atomic E-state index is 12.1. The molecule has 1 aromatic heterocycles. The van der Waals surface area contributed by atoms with Crippen molar-refractivity contribution >= 4 is 28.3 Å². The van der Waals surface area contributed by atoms with Crippen LogP contribution in [-0.2, 0) is 9.59 Å². The highest BCUT2D eigenvalue weighted by molar-refractivity contribution is 6.01. The number of carbonyl (C=O) groups is 2. The molecule has 1 unspecified atom stereocenters. The number of benzene rings is 1. The molecular weight excluding hydrogens is 302 g/mol. The molecule has 0 bridgehead atoms. The van der Waals surface area contributed by atoms with Gasteiger partial charge in [0.15, 0.2) is 0 Å².